The van der Waals surface area contributed by atoms with Crippen molar-refractivity contribution in [1.82, 2.24) is 0 Å². The van der Waals surface area contributed by atoms with Crippen molar-refractivity contribution in [3.63, 3.8) is 0 Å². The summed E-state index contributed by atoms with van der Waals surface area (Å²) in [5.74, 6) is 0.972. The van der Waals surface area contributed by atoms with Gasteiger partial charge in [0.2, 0.25) is 0 Å². The van der Waals surface area contributed by atoms with Crippen LogP contribution in [-0.2, 0) is 11.2 Å². The van der Waals surface area contributed by atoms with Crippen LogP contribution in [0.15, 0.2) is 24.3 Å². The first-order valence-corrected chi connectivity index (χ1v) is 7.43. The number of carbonyl (C=O) groups excluding carboxylic acids is 1. The fourth-order valence-corrected chi connectivity index (χ4v) is 2.58. The smallest absolute Gasteiger partial charge is 0.137 e. The van der Waals surface area contributed by atoms with Gasteiger partial charge in [-0.1, -0.05) is 49.6 Å². The van der Waals surface area contributed by atoms with Gasteiger partial charge in [-0.15, -0.1) is 0 Å². The Morgan fingerprint density at radius 1 is 1.26 bits per heavy atom. The summed E-state index contributed by atoms with van der Waals surface area (Å²) in [4.78, 5) is 12.0. The van der Waals surface area contributed by atoms with Crippen molar-refractivity contribution in [2.45, 2.75) is 52.4 Å². The van der Waals surface area contributed by atoms with E-state index in [2.05, 4.69) is 26.0 Å². The van der Waals surface area contributed by atoms with Gasteiger partial charge in [-0.05, 0) is 37.8 Å². The number of ketones is 1. The fraction of sp³-hybridized carbons (Fsp3) is 0.588. The molecule has 1 aromatic carbocycles. The van der Waals surface area contributed by atoms with Crippen LogP contribution in [0.25, 0.3) is 0 Å². The van der Waals surface area contributed by atoms with Crippen LogP contribution in [-0.4, -0.2) is 12.3 Å². The molecule has 0 bridgehead atoms. The highest BCUT2D eigenvalue weighted by atomic mass is 16.1. The molecule has 0 heterocycles. The van der Waals surface area contributed by atoms with Gasteiger partial charge in [0.15, 0.2) is 0 Å². The molecule has 0 radical (unpaired) electrons. The number of aryl methyl sites for hydroxylation is 1. The van der Waals surface area contributed by atoms with E-state index in [9.17, 15) is 4.79 Å². The normalized spacial score (nSPS) is 12.4. The molecule has 0 aliphatic carbocycles. The average molecular weight is 261 g/mol. The molecular weight excluding hydrogens is 234 g/mol. The number of rotatable bonds is 9. The maximum atomic E-state index is 12.0. The molecule has 0 saturated carbocycles. The lowest BCUT2D eigenvalue weighted by molar-refractivity contribution is -0.118. The van der Waals surface area contributed by atoms with Gasteiger partial charge in [-0.25, -0.2) is 0 Å². The van der Waals surface area contributed by atoms with Gasteiger partial charge in [0.05, 0.1) is 0 Å². The molecule has 1 unspecified atom stereocenters. The van der Waals surface area contributed by atoms with Crippen LogP contribution >= 0.6 is 0 Å². The Kier molecular flexibility index (Phi) is 7.42. The molecular formula is C17H27NO. The molecule has 0 spiro atoms. The van der Waals surface area contributed by atoms with Crippen LogP contribution in [0.4, 0.5) is 0 Å². The first kappa shape index (κ1) is 15.9. The van der Waals surface area contributed by atoms with Crippen molar-refractivity contribution in [1.29, 1.82) is 0 Å². The maximum absolute atomic E-state index is 12.0. The Morgan fingerprint density at radius 2 is 2.05 bits per heavy atom. The Labute approximate surface area is 117 Å². The van der Waals surface area contributed by atoms with Gasteiger partial charge in [0, 0.05) is 12.8 Å². The lowest BCUT2D eigenvalue weighted by atomic mass is 9.92. The van der Waals surface area contributed by atoms with Crippen molar-refractivity contribution < 1.29 is 4.79 Å². The quantitative estimate of drug-likeness (QED) is 0.737. The number of hydrogen-bond donors (Lipinski definition) is 1. The highest BCUT2D eigenvalue weighted by Crippen LogP contribution is 2.18. The minimum absolute atomic E-state index is 0.351. The predicted molar refractivity (Wildman–Crippen MR) is 81.2 cm³/mol. The average Bonchev–Trinajstić information content (AvgIpc) is 2.36. The molecule has 0 amide bonds. The monoisotopic (exact) mass is 261 g/mol. The van der Waals surface area contributed by atoms with Crippen molar-refractivity contribution in [3.05, 3.63) is 35.4 Å². The summed E-state index contributed by atoms with van der Waals surface area (Å²) in [6, 6.07) is 8.22. The lowest BCUT2D eigenvalue weighted by Crippen LogP contribution is -2.11. The van der Waals surface area contributed by atoms with E-state index < -0.39 is 0 Å². The van der Waals surface area contributed by atoms with E-state index in [-0.39, 0.29) is 0 Å². The van der Waals surface area contributed by atoms with E-state index in [1.807, 2.05) is 12.1 Å². The van der Waals surface area contributed by atoms with E-state index in [1.165, 1.54) is 18.4 Å². The SMILES string of the molecule is CCCC(CCN)CCC(=O)Cc1cccc(C)c1. The van der Waals surface area contributed by atoms with Crippen LogP contribution in [0.5, 0.6) is 0 Å². The molecule has 0 aliphatic rings. The van der Waals surface area contributed by atoms with Gasteiger partial charge in [-0.3, -0.25) is 4.79 Å². The molecule has 0 fully saturated rings. The summed E-state index contributed by atoms with van der Waals surface area (Å²) in [6.45, 7) is 4.99. The minimum atomic E-state index is 0.351. The third-order valence-corrected chi connectivity index (χ3v) is 3.59. The van der Waals surface area contributed by atoms with Crippen molar-refractivity contribution in [3.8, 4) is 0 Å². The van der Waals surface area contributed by atoms with Crippen LogP contribution in [0, 0.1) is 12.8 Å². The number of nitrogens with two attached hydrogens (primary N) is 1. The highest BCUT2D eigenvalue weighted by molar-refractivity contribution is 5.80. The zero-order valence-electron chi connectivity index (χ0n) is 12.3. The zero-order valence-corrected chi connectivity index (χ0v) is 12.3. The molecule has 2 nitrogen and oxygen atoms in total. The molecule has 1 aromatic rings. The summed E-state index contributed by atoms with van der Waals surface area (Å²) >= 11 is 0. The number of benzene rings is 1. The van der Waals surface area contributed by atoms with Gasteiger partial charge in [-0.2, -0.15) is 0 Å². The first-order valence-electron chi connectivity index (χ1n) is 7.43. The van der Waals surface area contributed by atoms with E-state index in [4.69, 9.17) is 5.73 Å². The summed E-state index contributed by atoms with van der Waals surface area (Å²) in [5, 5.41) is 0. The molecule has 19 heavy (non-hydrogen) atoms. The molecule has 2 N–H and O–H groups in total. The third-order valence-electron chi connectivity index (χ3n) is 3.59. The van der Waals surface area contributed by atoms with Crippen LogP contribution < -0.4 is 5.73 Å². The van der Waals surface area contributed by atoms with Gasteiger partial charge >= 0.3 is 0 Å². The van der Waals surface area contributed by atoms with Crippen LogP contribution in [0.2, 0.25) is 0 Å². The Balaban J connectivity index is 2.38. The molecule has 0 saturated heterocycles. The predicted octanol–water partition coefficient (Wildman–Crippen LogP) is 3.65. The van der Waals surface area contributed by atoms with Gasteiger partial charge in [0.1, 0.15) is 5.78 Å². The molecule has 2 heteroatoms. The Hall–Kier alpha value is -1.15. The largest absolute Gasteiger partial charge is 0.330 e. The molecule has 106 valence electrons. The molecule has 1 rings (SSSR count). The number of carbonyl (C=O) groups is 1. The van der Waals surface area contributed by atoms with Crippen LogP contribution in [0.1, 0.15) is 50.2 Å². The van der Waals surface area contributed by atoms with E-state index >= 15 is 0 Å². The lowest BCUT2D eigenvalue weighted by Gasteiger charge is -2.14. The van der Waals surface area contributed by atoms with E-state index in [0.717, 1.165) is 24.9 Å². The minimum Gasteiger partial charge on any atom is -0.330 e. The number of hydrogen-bond acceptors (Lipinski definition) is 2. The van der Waals surface area contributed by atoms with E-state index in [0.29, 0.717) is 24.5 Å². The molecule has 1 atom stereocenters. The summed E-state index contributed by atoms with van der Waals surface area (Å²) < 4.78 is 0. The van der Waals surface area contributed by atoms with Crippen LogP contribution in [0.3, 0.4) is 0 Å². The fourth-order valence-electron chi connectivity index (χ4n) is 2.58. The molecule has 0 aliphatic heterocycles. The maximum Gasteiger partial charge on any atom is 0.137 e. The standard InChI is InChI=1S/C17H27NO/c1-3-5-15(10-11-18)8-9-17(19)13-16-7-4-6-14(2)12-16/h4,6-7,12,15H,3,5,8-11,13,18H2,1-2H3. The third kappa shape index (κ3) is 6.53. The first-order chi connectivity index (χ1) is 9.15. The zero-order chi connectivity index (χ0) is 14.1. The van der Waals surface area contributed by atoms with Crippen molar-refractivity contribution in [2.75, 3.05) is 6.54 Å². The summed E-state index contributed by atoms with van der Waals surface area (Å²) in [5.41, 5.74) is 7.98. The second-order valence-corrected chi connectivity index (χ2v) is 5.48. The van der Waals surface area contributed by atoms with Gasteiger partial charge in [0.25, 0.3) is 0 Å². The van der Waals surface area contributed by atoms with Crippen molar-refractivity contribution >= 4 is 5.78 Å². The Morgan fingerprint density at radius 3 is 2.68 bits per heavy atom. The van der Waals surface area contributed by atoms with E-state index in [1.54, 1.807) is 0 Å². The topological polar surface area (TPSA) is 43.1 Å². The highest BCUT2D eigenvalue weighted by Gasteiger charge is 2.10. The second-order valence-electron chi connectivity index (χ2n) is 5.48. The second kappa shape index (κ2) is 8.87. The summed E-state index contributed by atoms with van der Waals surface area (Å²) in [7, 11) is 0. The van der Waals surface area contributed by atoms with Gasteiger partial charge < -0.3 is 5.73 Å². The Bertz CT molecular complexity index is 381. The summed E-state index contributed by atoms with van der Waals surface area (Å²) in [6.07, 6.45) is 5.68. The number of Topliss-reactive ketones (excluding diaryl/α,β-unsaturated/α-hetero) is 1. The molecule has 0 aromatic heterocycles. The van der Waals surface area contributed by atoms with Crippen molar-refractivity contribution in [2.24, 2.45) is 11.7 Å².